The molecule has 0 spiro atoms. The quantitative estimate of drug-likeness (QED) is 0.125. The zero-order chi connectivity index (χ0) is 15.5. The standard InChI is InChI=1S/3C2H2O4.2Er.10H2O/c3*3-1(4)2(5)6;;;;;;;;;;;;/h3*(H,3,4)(H,5,6);;;10*1H2. The van der Waals surface area contributed by atoms with Crippen LogP contribution in [0.1, 0.15) is 0 Å². The number of carboxylic acids is 6. The molecule has 0 aliphatic carbocycles. The summed E-state index contributed by atoms with van der Waals surface area (Å²) in [5.74, 6) is -10.9. The maximum atomic E-state index is 9.10. The van der Waals surface area contributed by atoms with Crippen molar-refractivity contribution in [1.82, 2.24) is 0 Å². The largest absolute Gasteiger partial charge is 0.473 e. The molecule has 0 saturated carbocycles. The van der Waals surface area contributed by atoms with Gasteiger partial charge in [0.05, 0.1) is 0 Å². The van der Waals surface area contributed by atoms with Crippen LogP contribution >= 0.6 is 0 Å². The minimum absolute atomic E-state index is 0. The van der Waals surface area contributed by atoms with Crippen LogP contribution in [0.5, 0.6) is 0 Å². The maximum absolute atomic E-state index is 9.10. The van der Waals surface area contributed by atoms with Gasteiger partial charge in [0.2, 0.25) is 0 Å². The Balaban J connectivity index is -0.00000000721. The van der Waals surface area contributed by atoms with Crippen LogP contribution in [0, 0.1) is 74.6 Å². The van der Waals surface area contributed by atoms with E-state index in [0.29, 0.717) is 0 Å². The van der Waals surface area contributed by atoms with E-state index in [2.05, 4.69) is 0 Å². The van der Waals surface area contributed by atoms with Gasteiger partial charge in [-0.25, -0.2) is 28.8 Å². The second-order valence-electron chi connectivity index (χ2n) is 1.83. The first kappa shape index (κ1) is 116. The Bertz CT molecular complexity index is 287. The van der Waals surface area contributed by atoms with Crippen molar-refractivity contribution >= 4 is 35.8 Å². The van der Waals surface area contributed by atoms with Crippen molar-refractivity contribution in [2.45, 2.75) is 0 Å². The van der Waals surface area contributed by atoms with E-state index in [1.807, 2.05) is 0 Å². The molecule has 22 nitrogen and oxygen atoms in total. The zero-order valence-electron chi connectivity index (χ0n) is 13.7. The fraction of sp³-hybridized carbons (Fsp3) is 0. The molecule has 0 aliphatic heterocycles. The van der Waals surface area contributed by atoms with E-state index in [1.54, 1.807) is 0 Å². The molecule has 0 aliphatic rings. The normalized spacial score (nSPS) is 4.40. The van der Waals surface area contributed by atoms with Gasteiger partial charge < -0.3 is 85.4 Å². The average Bonchev–Trinajstić information content (AvgIpc) is 2.18. The van der Waals surface area contributed by atoms with Crippen LogP contribution in [0.3, 0.4) is 0 Å². The Hall–Kier alpha value is -1.09. The van der Waals surface area contributed by atoms with Gasteiger partial charge in [0.1, 0.15) is 0 Å². The van der Waals surface area contributed by atoms with Crippen molar-refractivity contribution in [2.24, 2.45) is 0 Å². The van der Waals surface area contributed by atoms with E-state index in [1.165, 1.54) is 0 Å². The molecular formula is C6H26Er2O22. The summed E-state index contributed by atoms with van der Waals surface area (Å²) >= 11 is 0. The molecular weight excluding hydrogens is 759 g/mol. The smallest absolute Gasteiger partial charge is 0.414 e. The fourth-order valence-corrected chi connectivity index (χ4v) is 0. The molecule has 0 aromatic rings. The van der Waals surface area contributed by atoms with Gasteiger partial charge in [0.25, 0.3) is 0 Å². The summed E-state index contributed by atoms with van der Waals surface area (Å²) in [6.07, 6.45) is 0. The van der Waals surface area contributed by atoms with Gasteiger partial charge in [-0.1, -0.05) is 0 Å². The van der Waals surface area contributed by atoms with Crippen molar-refractivity contribution in [1.29, 1.82) is 0 Å². The van der Waals surface area contributed by atoms with Crippen LogP contribution in [0.4, 0.5) is 0 Å². The third-order valence-corrected chi connectivity index (χ3v) is 0.549. The monoisotopic (exact) mass is 782 g/mol. The molecule has 30 heavy (non-hydrogen) atoms. The maximum Gasteiger partial charge on any atom is 0.414 e. The molecule has 0 heterocycles. The Labute approximate surface area is 223 Å². The molecule has 0 radical (unpaired) electrons. The average molecular weight is 785 g/mol. The predicted octanol–water partition coefficient (Wildman–Crippen LogP) is -10.8. The first-order chi connectivity index (χ1) is 7.93. The van der Waals surface area contributed by atoms with E-state index >= 15 is 0 Å². The molecule has 0 atom stereocenters. The van der Waals surface area contributed by atoms with E-state index in [-0.39, 0.29) is 129 Å². The van der Waals surface area contributed by atoms with Gasteiger partial charge in [-0.2, -0.15) is 0 Å². The summed E-state index contributed by atoms with van der Waals surface area (Å²) in [4.78, 5) is 54.6. The van der Waals surface area contributed by atoms with E-state index in [9.17, 15) is 0 Å². The van der Waals surface area contributed by atoms with Crippen molar-refractivity contribution in [2.75, 3.05) is 0 Å². The zero-order valence-corrected chi connectivity index (χ0v) is 17.4. The Kier molecular flexibility index (Phi) is 274. The summed E-state index contributed by atoms with van der Waals surface area (Å²) < 4.78 is 0. The molecule has 206 valence electrons. The predicted molar refractivity (Wildman–Crippen MR) is 82.0 cm³/mol. The SMILES string of the molecule is O.O.O.O.O.O.O.O.O.O.O=C(O)C(=O)O.O=C(O)C(=O)O.O=C(O)C(=O)O.[Er].[Er]. The number of carboxylic acid groups (broad SMARTS) is 6. The van der Waals surface area contributed by atoms with E-state index in [0.717, 1.165) is 0 Å². The Morgan fingerprint density at radius 3 is 0.300 bits per heavy atom. The van der Waals surface area contributed by atoms with Crippen LogP contribution in [0.25, 0.3) is 0 Å². The number of aliphatic carboxylic acids is 6. The first-order valence-electron chi connectivity index (χ1n) is 3.32. The van der Waals surface area contributed by atoms with Crippen molar-refractivity contribution in [3.8, 4) is 0 Å². The number of carbonyl (C=O) groups is 6. The molecule has 26 N–H and O–H groups in total. The van der Waals surface area contributed by atoms with E-state index in [4.69, 9.17) is 59.4 Å². The molecule has 24 heteroatoms. The summed E-state index contributed by atoms with van der Waals surface area (Å²) in [5, 5.41) is 44.3. The Morgan fingerprint density at radius 2 is 0.300 bits per heavy atom. The van der Waals surface area contributed by atoms with Gasteiger partial charge in [0.15, 0.2) is 0 Å². The van der Waals surface area contributed by atoms with Crippen LogP contribution in [0.15, 0.2) is 0 Å². The van der Waals surface area contributed by atoms with Crippen LogP contribution < -0.4 is 0 Å². The topological polar surface area (TPSA) is 539 Å². The van der Waals surface area contributed by atoms with Crippen LogP contribution in [0.2, 0.25) is 0 Å². The minimum atomic E-state index is -1.82. The van der Waals surface area contributed by atoms with Gasteiger partial charge in [-0.05, 0) is 0 Å². The molecule has 0 saturated heterocycles. The molecule has 0 aromatic heterocycles. The molecule has 0 aromatic carbocycles. The van der Waals surface area contributed by atoms with Crippen molar-refractivity contribution < 1.29 is 189 Å². The molecule has 0 amide bonds. The van der Waals surface area contributed by atoms with Crippen LogP contribution in [-0.2, 0) is 28.8 Å². The summed E-state index contributed by atoms with van der Waals surface area (Å²) in [7, 11) is 0. The molecule has 0 bridgehead atoms. The first-order valence-corrected chi connectivity index (χ1v) is 3.32. The second kappa shape index (κ2) is 70.7. The van der Waals surface area contributed by atoms with Gasteiger partial charge in [0, 0.05) is 74.6 Å². The van der Waals surface area contributed by atoms with Gasteiger partial charge >= 0.3 is 35.8 Å². The third kappa shape index (κ3) is 152. The number of hydrogen-bond acceptors (Lipinski definition) is 6. The minimum Gasteiger partial charge on any atom is -0.473 e. The van der Waals surface area contributed by atoms with Crippen LogP contribution in [-0.4, -0.2) is 121 Å². The number of rotatable bonds is 0. The Morgan fingerprint density at radius 1 is 0.267 bits per heavy atom. The second-order valence-corrected chi connectivity index (χ2v) is 1.83. The van der Waals surface area contributed by atoms with Crippen molar-refractivity contribution in [3.05, 3.63) is 0 Å². The van der Waals surface area contributed by atoms with Gasteiger partial charge in [-0.3, -0.25) is 0 Å². The molecule has 0 unspecified atom stereocenters. The van der Waals surface area contributed by atoms with Gasteiger partial charge in [-0.15, -0.1) is 0 Å². The molecule has 0 rings (SSSR count). The summed E-state index contributed by atoms with van der Waals surface area (Å²) in [5.41, 5.74) is 0. The number of hydrogen-bond donors (Lipinski definition) is 6. The third-order valence-electron chi connectivity index (χ3n) is 0.549. The fourth-order valence-electron chi connectivity index (χ4n) is 0. The van der Waals surface area contributed by atoms with Crippen molar-refractivity contribution in [3.63, 3.8) is 0 Å². The summed E-state index contributed by atoms with van der Waals surface area (Å²) in [6, 6.07) is 0. The summed E-state index contributed by atoms with van der Waals surface area (Å²) in [6.45, 7) is 0. The van der Waals surface area contributed by atoms with E-state index < -0.39 is 35.8 Å². The molecule has 0 fully saturated rings.